The molecule has 4 aromatic rings. The number of nitrogens with one attached hydrogen (secondary N) is 2. The maximum Gasteiger partial charge on any atom is 0.432 e. The number of piperazine rings is 1. The summed E-state index contributed by atoms with van der Waals surface area (Å²) in [4.78, 5) is 33.5. The Morgan fingerprint density at radius 1 is 1.00 bits per heavy atom. The van der Waals surface area contributed by atoms with Crippen molar-refractivity contribution >= 4 is 27.3 Å². The smallest absolute Gasteiger partial charge is 0.432 e. The normalized spacial score (nSPS) is 23.4. The summed E-state index contributed by atoms with van der Waals surface area (Å²) in [6, 6.07) is 6.44. The molecule has 0 spiro atoms. The number of allylic oxidation sites excluding steroid dienone is 2. The van der Waals surface area contributed by atoms with Crippen LogP contribution in [-0.4, -0.2) is 143 Å². The Kier molecular flexibility index (Phi) is 13.6. The van der Waals surface area contributed by atoms with Gasteiger partial charge in [-0.1, -0.05) is 35.6 Å². The molecule has 1 aromatic carbocycles. The van der Waals surface area contributed by atoms with Gasteiger partial charge in [0.15, 0.2) is 22.0 Å². The predicted octanol–water partition coefficient (Wildman–Crippen LogP) is 6.44. The standard InChI is InChI=1S/C48H58F5N15O4S2/c1-26(2)66-22-35(48(51,52)53)63(6)45(66)31-10-8-29(9-11-31)20-65(46-58-25-56-40(59-46)37-38(30-12-13-30)55-24-57-42(37)72-7)23-36(69)68-27(3)18-64(19-28(68)4)33-16-32(74(70,71)62-47(5)14-15-47)21-67-34(33)17-54-41(67)44-61-60-43(73-44)39(49)50/h8-11,16-17,21-22,24-28,30,36,39,41,45,54,62,69H,12-15,18-20,23H2,1-7H3/t27-,28?,36?,41?,45?/m0/s1. The van der Waals surface area contributed by atoms with Gasteiger partial charge in [0.2, 0.25) is 21.9 Å². The van der Waals surface area contributed by atoms with E-state index < -0.39 is 57.4 Å². The molecule has 396 valence electrons. The number of anilines is 1. The van der Waals surface area contributed by atoms with Gasteiger partial charge in [-0.15, -0.1) is 10.2 Å². The first-order chi connectivity index (χ1) is 35.1. The number of sulfonamides is 1. The summed E-state index contributed by atoms with van der Waals surface area (Å²) in [5.41, 5.74) is 2.61. The van der Waals surface area contributed by atoms with E-state index in [-0.39, 0.29) is 58.8 Å². The fraction of sp³-hybridized carbons (Fsp3) is 0.521. The second-order valence-corrected chi connectivity index (χ2v) is 23.0. The number of rotatable bonds is 17. The quantitative estimate of drug-likeness (QED) is 0.0977. The molecule has 10 rings (SSSR count). The lowest BCUT2D eigenvalue weighted by molar-refractivity contribution is -0.111. The summed E-state index contributed by atoms with van der Waals surface area (Å²) in [5.74, 6) is 1.02. The zero-order valence-corrected chi connectivity index (χ0v) is 43.4. The highest BCUT2D eigenvalue weighted by atomic mass is 32.2. The first-order valence-corrected chi connectivity index (χ1v) is 26.7. The molecule has 0 radical (unpaired) electrons. The first-order valence-electron chi connectivity index (χ1n) is 24.4. The Labute approximate surface area is 429 Å². The Morgan fingerprint density at radius 2 is 1.70 bits per heavy atom. The van der Waals surface area contributed by atoms with Crippen molar-refractivity contribution in [3.8, 4) is 17.3 Å². The van der Waals surface area contributed by atoms with Crippen LogP contribution in [0.25, 0.3) is 11.4 Å². The van der Waals surface area contributed by atoms with Crippen LogP contribution < -0.4 is 19.7 Å². The van der Waals surface area contributed by atoms with Crippen LogP contribution in [0.1, 0.15) is 112 Å². The lowest BCUT2D eigenvalue weighted by Crippen LogP contribution is -2.61. The minimum absolute atomic E-state index is 0.00556. The van der Waals surface area contributed by atoms with Crippen LogP contribution in [0.4, 0.5) is 27.9 Å². The molecular formula is C48H58F5N15O4S2. The van der Waals surface area contributed by atoms with Gasteiger partial charge in [0.05, 0.1) is 30.7 Å². The van der Waals surface area contributed by atoms with Crippen LogP contribution in [0.5, 0.6) is 5.88 Å². The van der Waals surface area contributed by atoms with E-state index >= 15 is 0 Å². The molecule has 4 aliphatic heterocycles. The van der Waals surface area contributed by atoms with Gasteiger partial charge in [-0.3, -0.25) is 4.90 Å². The molecule has 7 heterocycles. The van der Waals surface area contributed by atoms with Gasteiger partial charge < -0.3 is 39.7 Å². The molecule has 2 saturated carbocycles. The number of aromatic nitrogens is 7. The number of nitrogens with zero attached hydrogens (tertiary/aromatic N) is 13. The fourth-order valence-electron chi connectivity index (χ4n) is 10.2. The van der Waals surface area contributed by atoms with Crippen molar-refractivity contribution in [3.63, 3.8) is 0 Å². The van der Waals surface area contributed by atoms with Crippen LogP contribution in [0.2, 0.25) is 0 Å². The van der Waals surface area contributed by atoms with E-state index in [1.807, 2.05) is 68.7 Å². The minimum atomic E-state index is -4.54. The van der Waals surface area contributed by atoms with Gasteiger partial charge in [0, 0.05) is 74.9 Å². The number of aliphatic hydroxyl groups is 1. The van der Waals surface area contributed by atoms with E-state index in [4.69, 9.17) is 9.72 Å². The third-order valence-electron chi connectivity index (χ3n) is 14.3. The van der Waals surface area contributed by atoms with Crippen molar-refractivity contribution in [2.75, 3.05) is 38.7 Å². The molecule has 74 heavy (non-hydrogen) atoms. The molecule has 6 aliphatic rings. The molecule has 1 saturated heterocycles. The minimum Gasteiger partial charge on any atom is -0.480 e. The SMILES string of the molecule is COc1ncnc(C2CC2)c1-c1ncnc(N(Cc2ccc(C3N(C)C(C(F)(F)F)=CN3C(C)C)cc2)CC(O)N2C(C)CN(C3=CC(S(=O)(=O)NC4(C)CC4)=CN4C3=CNC4c3nnc(C(F)F)s3)C[C@@H]2C)n1. The summed E-state index contributed by atoms with van der Waals surface area (Å²) < 4.78 is 106. The number of halogens is 5. The molecule has 3 fully saturated rings. The highest BCUT2D eigenvalue weighted by Gasteiger charge is 2.47. The van der Waals surface area contributed by atoms with Gasteiger partial charge in [-0.2, -0.15) is 18.2 Å². The van der Waals surface area contributed by atoms with Crippen molar-refractivity contribution < 1.29 is 40.2 Å². The molecule has 0 amide bonds. The molecule has 3 N–H and O–H groups in total. The van der Waals surface area contributed by atoms with Crippen LogP contribution >= 0.6 is 11.3 Å². The lowest BCUT2D eigenvalue weighted by atomic mass is 10.0. The van der Waals surface area contributed by atoms with E-state index in [1.54, 1.807) is 22.1 Å². The molecule has 19 nitrogen and oxygen atoms in total. The Bertz CT molecular complexity index is 2990. The molecule has 2 aliphatic carbocycles. The first kappa shape index (κ1) is 51.4. The van der Waals surface area contributed by atoms with Crippen LogP contribution in [0, 0.1) is 0 Å². The van der Waals surface area contributed by atoms with Crippen molar-refractivity contribution in [1.29, 1.82) is 0 Å². The van der Waals surface area contributed by atoms with E-state index in [0.29, 0.717) is 54.3 Å². The molecular weight excluding hydrogens is 1010 g/mol. The average molecular weight is 1070 g/mol. The molecule has 5 atom stereocenters. The summed E-state index contributed by atoms with van der Waals surface area (Å²) >= 11 is 0.741. The fourth-order valence-corrected chi connectivity index (χ4v) is 12.5. The average Bonchev–Trinajstić information content (AvgIpc) is 4.16. The number of alkyl halides is 5. The van der Waals surface area contributed by atoms with Crippen LogP contribution in [0.15, 0.2) is 83.6 Å². The van der Waals surface area contributed by atoms with Gasteiger partial charge in [-0.25, -0.2) is 41.9 Å². The van der Waals surface area contributed by atoms with E-state index in [0.717, 1.165) is 41.6 Å². The number of benzene rings is 1. The summed E-state index contributed by atoms with van der Waals surface area (Å²) in [5, 5.41) is 23.2. The Hall–Kier alpha value is -6.09. The second-order valence-electron chi connectivity index (χ2n) is 20.2. The zero-order valence-electron chi connectivity index (χ0n) is 41.7. The van der Waals surface area contributed by atoms with Crippen LogP contribution in [0.3, 0.4) is 0 Å². The second kappa shape index (κ2) is 19.6. The van der Waals surface area contributed by atoms with Gasteiger partial charge in [-0.05, 0) is 77.5 Å². The third kappa shape index (κ3) is 10.1. The largest absolute Gasteiger partial charge is 0.480 e. The molecule has 4 unspecified atom stereocenters. The zero-order chi connectivity index (χ0) is 52.6. The summed E-state index contributed by atoms with van der Waals surface area (Å²) in [6.45, 7) is 10.3. The third-order valence-corrected chi connectivity index (χ3v) is 16.9. The number of aliphatic hydroxyl groups excluding tert-OH is 1. The molecule has 26 heteroatoms. The maximum atomic E-state index is 14.1. The molecule has 0 bridgehead atoms. The van der Waals surface area contributed by atoms with Gasteiger partial charge in [0.1, 0.15) is 41.2 Å². The predicted molar refractivity (Wildman–Crippen MR) is 263 cm³/mol. The number of fused-ring (bicyclic) bond motifs is 1. The maximum absolute atomic E-state index is 14.1. The Morgan fingerprint density at radius 3 is 2.32 bits per heavy atom. The number of ether oxygens (including phenoxy) is 1. The lowest BCUT2D eigenvalue weighted by Gasteiger charge is -2.49. The van der Waals surface area contributed by atoms with Crippen LogP contribution in [-0.2, 0) is 16.6 Å². The van der Waals surface area contributed by atoms with Gasteiger partial charge >= 0.3 is 6.18 Å². The summed E-state index contributed by atoms with van der Waals surface area (Å²) in [7, 11) is -1.09. The number of methoxy groups -OCH3 is 1. The van der Waals surface area contributed by atoms with E-state index in [9.17, 15) is 35.5 Å². The van der Waals surface area contributed by atoms with E-state index in [1.165, 1.54) is 37.9 Å². The Balaban J connectivity index is 0.933. The van der Waals surface area contributed by atoms with E-state index in [2.05, 4.69) is 45.1 Å². The van der Waals surface area contributed by atoms with Crippen molar-refractivity contribution in [3.05, 3.63) is 110 Å². The highest BCUT2D eigenvalue weighted by molar-refractivity contribution is 7.93. The summed E-state index contributed by atoms with van der Waals surface area (Å²) in [6.07, 6.45) is 2.11. The van der Waals surface area contributed by atoms with Crippen molar-refractivity contribution in [1.82, 2.24) is 69.7 Å². The monoisotopic (exact) mass is 1070 g/mol. The van der Waals surface area contributed by atoms with Crippen molar-refractivity contribution in [2.45, 2.75) is 128 Å². The number of hydrogen-bond donors (Lipinski definition) is 3. The topological polar surface area (TPSA) is 197 Å². The highest BCUT2D eigenvalue weighted by Crippen LogP contribution is 2.46. The number of hydrogen-bond acceptors (Lipinski definition) is 19. The van der Waals surface area contributed by atoms with Crippen molar-refractivity contribution in [2.24, 2.45) is 0 Å². The molecule has 3 aromatic heterocycles. The van der Waals surface area contributed by atoms with Gasteiger partial charge in [0.25, 0.3) is 6.43 Å².